The van der Waals surface area contributed by atoms with Crippen molar-refractivity contribution in [2.75, 3.05) is 7.11 Å². The fraction of sp³-hybridized carbons (Fsp3) is 0.188. The Morgan fingerprint density at radius 3 is 2.29 bits per heavy atom. The number of urea groups is 1. The van der Waals surface area contributed by atoms with Crippen molar-refractivity contribution in [1.29, 1.82) is 0 Å². The van der Waals surface area contributed by atoms with Crippen molar-refractivity contribution in [3.05, 3.63) is 64.1 Å². The number of carbonyl (C=O) groups excluding carboxylic acids is 1. The Kier molecular flexibility index (Phi) is 5.63. The average Bonchev–Trinajstić information content (AvgIpc) is 2.51. The molecular weight excluding hydrogens is 332 g/mol. The van der Waals surface area contributed by atoms with E-state index in [2.05, 4.69) is 26.6 Å². The number of ether oxygens (including phenoxy) is 1. The molecule has 110 valence electrons. The van der Waals surface area contributed by atoms with Gasteiger partial charge in [0.25, 0.3) is 0 Å². The SMILES string of the molecule is COc1cccc(CNC(=O)NCc2cccc(Br)c2)c1. The second kappa shape index (κ2) is 7.69. The Morgan fingerprint density at radius 1 is 1.05 bits per heavy atom. The molecule has 0 aliphatic carbocycles. The maximum Gasteiger partial charge on any atom is 0.315 e. The highest BCUT2D eigenvalue weighted by atomic mass is 79.9. The Bertz CT molecular complexity index is 617. The fourth-order valence-corrected chi connectivity index (χ4v) is 2.30. The first-order valence-corrected chi connectivity index (χ1v) is 7.36. The van der Waals surface area contributed by atoms with Gasteiger partial charge >= 0.3 is 6.03 Å². The number of carbonyl (C=O) groups is 1. The number of hydrogen-bond donors (Lipinski definition) is 2. The summed E-state index contributed by atoms with van der Waals surface area (Å²) in [6, 6.07) is 15.2. The van der Waals surface area contributed by atoms with Gasteiger partial charge in [0.2, 0.25) is 0 Å². The van der Waals surface area contributed by atoms with E-state index in [1.165, 1.54) is 0 Å². The smallest absolute Gasteiger partial charge is 0.315 e. The molecule has 0 aliphatic rings. The fourth-order valence-electron chi connectivity index (χ4n) is 1.86. The third-order valence-electron chi connectivity index (χ3n) is 2.93. The van der Waals surface area contributed by atoms with Crippen molar-refractivity contribution in [2.45, 2.75) is 13.1 Å². The quantitative estimate of drug-likeness (QED) is 0.869. The van der Waals surface area contributed by atoms with Gasteiger partial charge in [-0.3, -0.25) is 0 Å². The lowest BCUT2D eigenvalue weighted by atomic mass is 10.2. The Labute approximate surface area is 132 Å². The minimum Gasteiger partial charge on any atom is -0.497 e. The van der Waals surface area contributed by atoms with E-state index in [1.54, 1.807) is 7.11 Å². The van der Waals surface area contributed by atoms with Crippen LogP contribution in [-0.4, -0.2) is 13.1 Å². The molecule has 0 heterocycles. The van der Waals surface area contributed by atoms with Crippen molar-refractivity contribution in [3.8, 4) is 5.75 Å². The number of amides is 2. The number of nitrogens with one attached hydrogen (secondary N) is 2. The van der Waals surface area contributed by atoms with Crippen LogP contribution in [0.1, 0.15) is 11.1 Å². The van der Waals surface area contributed by atoms with Crippen LogP contribution in [0.25, 0.3) is 0 Å². The summed E-state index contributed by atoms with van der Waals surface area (Å²) in [5, 5.41) is 5.64. The molecule has 2 amide bonds. The van der Waals surface area contributed by atoms with E-state index in [0.717, 1.165) is 21.3 Å². The van der Waals surface area contributed by atoms with E-state index < -0.39 is 0 Å². The molecule has 0 atom stereocenters. The molecule has 2 aromatic carbocycles. The van der Waals surface area contributed by atoms with Crippen molar-refractivity contribution in [2.24, 2.45) is 0 Å². The summed E-state index contributed by atoms with van der Waals surface area (Å²) in [7, 11) is 1.62. The molecule has 21 heavy (non-hydrogen) atoms. The minimum absolute atomic E-state index is 0.196. The summed E-state index contributed by atoms with van der Waals surface area (Å²) in [6.45, 7) is 0.949. The Hall–Kier alpha value is -2.01. The lowest BCUT2D eigenvalue weighted by molar-refractivity contribution is 0.240. The summed E-state index contributed by atoms with van der Waals surface area (Å²) in [4.78, 5) is 11.8. The van der Waals surface area contributed by atoms with Crippen LogP contribution in [0.3, 0.4) is 0 Å². The monoisotopic (exact) mass is 348 g/mol. The molecule has 0 fully saturated rings. The molecule has 0 unspecified atom stereocenters. The van der Waals surface area contributed by atoms with Crippen LogP contribution in [0, 0.1) is 0 Å². The minimum atomic E-state index is -0.196. The van der Waals surface area contributed by atoms with Gasteiger partial charge in [-0.05, 0) is 35.4 Å². The lowest BCUT2D eigenvalue weighted by Gasteiger charge is -2.09. The standard InChI is InChI=1S/C16H17BrN2O2/c1-21-15-7-3-5-13(9-15)11-19-16(20)18-10-12-4-2-6-14(17)8-12/h2-9H,10-11H2,1H3,(H2,18,19,20). The highest BCUT2D eigenvalue weighted by molar-refractivity contribution is 9.10. The molecule has 2 N–H and O–H groups in total. The molecule has 0 aliphatic heterocycles. The predicted molar refractivity (Wildman–Crippen MR) is 86.2 cm³/mol. The van der Waals surface area contributed by atoms with Crippen LogP contribution in [0.5, 0.6) is 5.75 Å². The van der Waals surface area contributed by atoms with Crippen LogP contribution in [0.15, 0.2) is 53.0 Å². The topological polar surface area (TPSA) is 50.4 Å². The van der Waals surface area contributed by atoms with E-state index in [9.17, 15) is 4.79 Å². The van der Waals surface area contributed by atoms with Crippen LogP contribution < -0.4 is 15.4 Å². The molecule has 0 spiro atoms. The number of benzene rings is 2. The predicted octanol–water partition coefficient (Wildman–Crippen LogP) is 3.46. The van der Waals surface area contributed by atoms with E-state index in [1.807, 2.05) is 48.5 Å². The Morgan fingerprint density at radius 2 is 1.67 bits per heavy atom. The molecule has 2 aromatic rings. The van der Waals surface area contributed by atoms with Gasteiger partial charge in [-0.25, -0.2) is 4.79 Å². The highest BCUT2D eigenvalue weighted by Gasteiger charge is 2.02. The van der Waals surface area contributed by atoms with Crippen molar-refractivity contribution >= 4 is 22.0 Å². The first kappa shape index (κ1) is 15.4. The molecule has 2 rings (SSSR count). The van der Waals surface area contributed by atoms with Gasteiger partial charge in [0.15, 0.2) is 0 Å². The zero-order valence-corrected chi connectivity index (χ0v) is 13.3. The lowest BCUT2D eigenvalue weighted by Crippen LogP contribution is -2.34. The summed E-state index contributed by atoms with van der Waals surface area (Å²) < 4.78 is 6.14. The number of hydrogen-bond acceptors (Lipinski definition) is 2. The van der Waals surface area contributed by atoms with Gasteiger partial charge in [0.1, 0.15) is 5.75 Å². The molecule has 5 heteroatoms. The summed E-state index contributed by atoms with van der Waals surface area (Å²) in [6.07, 6.45) is 0. The molecule has 4 nitrogen and oxygen atoms in total. The Balaban J connectivity index is 1.79. The van der Waals surface area contributed by atoms with Gasteiger partial charge < -0.3 is 15.4 Å². The van der Waals surface area contributed by atoms with E-state index >= 15 is 0 Å². The molecule has 0 saturated carbocycles. The second-order valence-electron chi connectivity index (χ2n) is 4.52. The summed E-state index contributed by atoms with van der Waals surface area (Å²) in [5.74, 6) is 0.781. The van der Waals surface area contributed by atoms with Gasteiger partial charge in [-0.1, -0.05) is 40.2 Å². The van der Waals surface area contributed by atoms with Crippen LogP contribution >= 0.6 is 15.9 Å². The largest absolute Gasteiger partial charge is 0.497 e. The van der Waals surface area contributed by atoms with Gasteiger partial charge in [-0.15, -0.1) is 0 Å². The van der Waals surface area contributed by atoms with E-state index in [0.29, 0.717) is 13.1 Å². The molecule has 0 aromatic heterocycles. The van der Waals surface area contributed by atoms with Crippen molar-refractivity contribution in [3.63, 3.8) is 0 Å². The number of methoxy groups -OCH3 is 1. The van der Waals surface area contributed by atoms with Crippen LogP contribution in [-0.2, 0) is 13.1 Å². The first-order chi connectivity index (χ1) is 10.2. The third-order valence-corrected chi connectivity index (χ3v) is 3.42. The van der Waals surface area contributed by atoms with E-state index in [4.69, 9.17) is 4.74 Å². The molecule has 0 bridgehead atoms. The highest BCUT2D eigenvalue weighted by Crippen LogP contribution is 2.12. The van der Waals surface area contributed by atoms with Crippen LogP contribution in [0.2, 0.25) is 0 Å². The molecule has 0 radical (unpaired) electrons. The molecular formula is C16H17BrN2O2. The van der Waals surface area contributed by atoms with Gasteiger partial charge in [-0.2, -0.15) is 0 Å². The van der Waals surface area contributed by atoms with Gasteiger partial charge in [0.05, 0.1) is 7.11 Å². The number of rotatable bonds is 5. The summed E-state index contributed by atoms with van der Waals surface area (Å²) in [5.41, 5.74) is 2.04. The first-order valence-electron chi connectivity index (χ1n) is 6.56. The van der Waals surface area contributed by atoms with Crippen molar-refractivity contribution in [1.82, 2.24) is 10.6 Å². The maximum absolute atomic E-state index is 11.8. The van der Waals surface area contributed by atoms with E-state index in [-0.39, 0.29) is 6.03 Å². The van der Waals surface area contributed by atoms with Crippen molar-refractivity contribution < 1.29 is 9.53 Å². The van der Waals surface area contributed by atoms with Gasteiger partial charge in [0, 0.05) is 17.6 Å². The second-order valence-corrected chi connectivity index (χ2v) is 5.43. The average molecular weight is 349 g/mol. The zero-order valence-electron chi connectivity index (χ0n) is 11.7. The number of halogens is 1. The van der Waals surface area contributed by atoms with Crippen LogP contribution in [0.4, 0.5) is 4.79 Å². The normalized spacial score (nSPS) is 10.0. The molecule has 0 saturated heterocycles. The summed E-state index contributed by atoms with van der Waals surface area (Å²) >= 11 is 3.40. The maximum atomic E-state index is 11.8. The third kappa shape index (κ3) is 5.11. The zero-order chi connectivity index (χ0) is 15.1.